The first-order valence-electron chi connectivity index (χ1n) is 7.76. The van der Waals surface area contributed by atoms with E-state index in [1.807, 2.05) is 6.92 Å². The third kappa shape index (κ3) is 4.96. The maximum absolute atomic E-state index is 12.6. The number of ether oxygens (including phenoxy) is 1. The van der Waals surface area contributed by atoms with Crippen molar-refractivity contribution in [1.29, 1.82) is 0 Å². The van der Waals surface area contributed by atoms with Crippen molar-refractivity contribution in [3.8, 4) is 5.75 Å². The number of anilines is 1. The van der Waals surface area contributed by atoms with Crippen LogP contribution in [0.3, 0.4) is 0 Å². The number of nitrogens with one attached hydrogen (secondary N) is 1. The van der Waals surface area contributed by atoms with Crippen molar-refractivity contribution in [2.24, 2.45) is 0 Å². The standard InChI is InChI=1S/C18H20ClNO4S/c1-4-9-24-17-8-6-13(19)10-16(17)20-18(21)15-11-14(25(3,22)23)7-5-12(15)2/h5-8,10-11H,4,9H2,1-3H3,(H,20,21). The zero-order valence-electron chi connectivity index (χ0n) is 14.3. The van der Waals surface area contributed by atoms with Gasteiger partial charge in [0.1, 0.15) is 5.75 Å². The highest BCUT2D eigenvalue weighted by Gasteiger charge is 2.16. The molecule has 7 heteroatoms. The molecule has 134 valence electrons. The van der Waals surface area contributed by atoms with Gasteiger partial charge in [0.05, 0.1) is 17.2 Å². The Morgan fingerprint density at radius 3 is 2.56 bits per heavy atom. The average Bonchev–Trinajstić information content (AvgIpc) is 2.53. The highest BCUT2D eigenvalue weighted by Crippen LogP contribution is 2.29. The minimum atomic E-state index is -3.40. The number of carbonyl (C=O) groups excluding carboxylic acids is 1. The molecule has 1 amide bonds. The van der Waals surface area contributed by atoms with Crippen LogP contribution in [0.1, 0.15) is 29.3 Å². The van der Waals surface area contributed by atoms with E-state index in [0.717, 1.165) is 12.7 Å². The van der Waals surface area contributed by atoms with E-state index in [4.69, 9.17) is 16.3 Å². The van der Waals surface area contributed by atoms with E-state index < -0.39 is 15.7 Å². The number of sulfone groups is 1. The molecule has 0 saturated heterocycles. The monoisotopic (exact) mass is 381 g/mol. The first-order valence-corrected chi connectivity index (χ1v) is 10.0. The van der Waals surface area contributed by atoms with Crippen LogP contribution in [0.2, 0.25) is 5.02 Å². The number of halogens is 1. The first kappa shape index (κ1) is 19.3. The second-order valence-electron chi connectivity index (χ2n) is 5.69. The molecule has 0 aliphatic rings. The number of hydrogen-bond acceptors (Lipinski definition) is 4. The fraction of sp³-hybridized carbons (Fsp3) is 0.278. The zero-order valence-corrected chi connectivity index (χ0v) is 15.9. The van der Waals surface area contributed by atoms with Crippen LogP contribution in [0.5, 0.6) is 5.75 Å². The molecule has 0 aliphatic carbocycles. The molecule has 0 saturated carbocycles. The van der Waals surface area contributed by atoms with Crippen LogP contribution in [0.15, 0.2) is 41.3 Å². The predicted molar refractivity (Wildman–Crippen MR) is 99.5 cm³/mol. The topological polar surface area (TPSA) is 72.5 Å². The number of hydrogen-bond donors (Lipinski definition) is 1. The molecule has 0 aromatic heterocycles. The van der Waals surface area contributed by atoms with Gasteiger partial charge in [-0.25, -0.2) is 8.42 Å². The molecule has 0 unspecified atom stereocenters. The molecule has 25 heavy (non-hydrogen) atoms. The molecular weight excluding hydrogens is 362 g/mol. The molecule has 0 heterocycles. The molecule has 0 bridgehead atoms. The molecule has 5 nitrogen and oxygen atoms in total. The maximum Gasteiger partial charge on any atom is 0.256 e. The molecule has 0 aliphatic heterocycles. The van der Waals surface area contributed by atoms with Crippen molar-refractivity contribution in [2.45, 2.75) is 25.2 Å². The maximum atomic E-state index is 12.6. The molecule has 0 atom stereocenters. The zero-order chi connectivity index (χ0) is 18.6. The molecule has 2 aromatic rings. The van der Waals surface area contributed by atoms with E-state index in [9.17, 15) is 13.2 Å². The van der Waals surface area contributed by atoms with Gasteiger partial charge in [0, 0.05) is 16.8 Å². The summed E-state index contributed by atoms with van der Waals surface area (Å²) in [6.07, 6.45) is 1.93. The lowest BCUT2D eigenvalue weighted by Gasteiger charge is -2.14. The third-order valence-corrected chi connectivity index (χ3v) is 4.88. The smallest absolute Gasteiger partial charge is 0.256 e. The van der Waals surface area contributed by atoms with Gasteiger partial charge in [-0.2, -0.15) is 0 Å². The van der Waals surface area contributed by atoms with Crippen molar-refractivity contribution in [3.05, 3.63) is 52.5 Å². The summed E-state index contributed by atoms with van der Waals surface area (Å²) in [6, 6.07) is 9.43. The number of aryl methyl sites for hydroxylation is 1. The van der Waals surface area contributed by atoms with Crippen molar-refractivity contribution in [3.63, 3.8) is 0 Å². The Labute approximate surface area is 152 Å². The Hall–Kier alpha value is -2.05. The Morgan fingerprint density at radius 2 is 1.92 bits per heavy atom. The van der Waals surface area contributed by atoms with Gasteiger partial charge in [-0.05, 0) is 49.2 Å². The SMILES string of the molecule is CCCOc1ccc(Cl)cc1NC(=O)c1cc(S(C)(=O)=O)ccc1C. The fourth-order valence-electron chi connectivity index (χ4n) is 2.20. The molecule has 2 rings (SSSR count). The quantitative estimate of drug-likeness (QED) is 0.817. The Balaban J connectivity index is 2.36. The van der Waals surface area contributed by atoms with Gasteiger partial charge in [-0.3, -0.25) is 4.79 Å². The summed E-state index contributed by atoms with van der Waals surface area (Å²) in [4.78, 5) is 12.7. The first-order chi connectivity index (χ1) is 11.7. The van der Waals surface area contributed by atoms with Crippen LogP contribution < -0.4 is 10.1 Å². The van der Waals surface area contributed by atoms with Gasteiger partial charge in [0.25, 0.3) is 5.91 Å². The van der Waals surface area contributed by atoms with Crippen LogP contribution in [0, 0.1) is 6.92 Å². The van der Waals surface area contributed by atoms with E-state index in [1.165, 1.54) is 12.1 Å². The largest absolute Gasteiger partial charge is 0.491 e. The minimum Gasteiger partial charge on any atom is -0.491 e. The molecule has 0 radical (unpaired) electrons. The van der Waals surface area contributed by atoms with Gasteiger partial charge < -0.3 is 10.1 Å². The molecular formula is C18H20ClNO4S. The summed E-state index contributed by atoms with van der Waals surface area (Å²) in [5, 5.41) is 3.21. The van der Waals surface area contributed by atoms with Gasteiger partial charge in [0.15, 0.2) is 9.84 Å². The van der Waals surface area contributed by atoms with E-state index in [0.29, 0.717) is 28.6 Å². The second-order valence-corrected chi connectivity index (χ2v) is 8.14. The molecule has 2 aromatic carbocycles. The van der Waals surface area contributed by atoms with E-state index in [2.05, 4.69) is 5.32 Å². The van der Waals surface area contributed by atoms with Crippen LogP contribution in [0.25, 0.3) is 0 Å². The van der Waals surface area contributed by atoms with Crippen molar-refractivity contribution in [1.82, 2.24) is 0 Å². The average molecular weight is 382 g/mol. The molecule has 0 fully saturated rings. The number of amides is 1. The molecule has 0 spiro atoms. The number of carbonyl (C=O) groups is 1. The normalized spacial score (nSPS) is 11.2. The van der Waals surface area contributed by atoms with Crippen molar-refractivity contribution in [2.75, 3.05) is 18.2 Å². The highest BCUT2D eigenvalue weighted by molar-refractivity contribution is 7.90. The summed E-state index contributed by atoms with van der Waals surface area (Å²) in [5.41, 5.74) is 1.39. The van der Waals surface area contributed by atoms with Gasteiger partial charge >= 0.3 is 0 Å². The van der Waals surface area contributed by atoms with E-state index in [1.54, 1.807) is 31.2 Å². The summed E-state index contributed by atoms with van der Waals surface area (Å²) in [7, 11) is -3.40. The number of benzene rings is 2. The predicted octanol–water partition coefficient (Wildman–Crippen LogP) is 4.09. The third-order valence-electron chi connectivity index (χ3n) is 3.53. The van der Waals surface area contributed by atoms with Crippen molar-refractivity contribution >= 4 is 33.0 Å². The summed E-state index contributed by atoms with van der Waals surface area (Å²) >= 11 is 6.01. The van der Waals surface area contributed by atoms with Crippen LogP contribution in [-0.4, -0.2) is 27.2 Å². The summed E-state index contributed by atoms with van der Waals surface area (Å²) < 4.78 is 29.1. The van der Waals surface area contributed by atoms with E-state index in [-0.39, 0.29) is 10.5 Å². The second kappa shape index (κ2) is 7.89. The van der Waals surface area contributed by atoms with Crippen LogP contribution >= 0.6 is 11.6 Å². The van der Waals surface area contributed by atoms with E-state index >= 15 is 0 Å². The van der Waals surface area contributed by atoms with Gasteiger partial charge in [0.2, 0.25) is 0 Å². The van der Waals surface area contributed by atoms with Gasteiger partial charge in [-0.1, -0.05) is 24.6 Å². The highest BCUT2D eigenvalue weighted by atomic mass is 35.5. The van der Waals surface area contributed by atoms with Crippen molar-refractivity contribution < 1.29 is 17.9 Å². The van der Waals surface area contributed by atoms with Crippen LogP contribution in [-0.2, 0) is 9.84 Å². The minimum absolute atomic E-state index is 0.0943. The lowest BCUT2D eigenvalue weighted by atomic mass is 10.1. The summed E-state index contributed by atoms with van der Waals surface area (Å²) in [6.45, 7) is 4.23. The van der Waals surface area contributed by atoms with Crippen LogP contribution in [0.4, 0.5) is 5.69 Å². The summed E-state index contributed by atoms with van der Waals surface area (Å²) in [5.74, 6) is 0.0862. The lowest BCUT2D eigenvalue weighted by Crippen LogP contribution is -2.15. The Bertz CT molecular complexity index is 894. The van der Waals surface area contributed by atoms with Gasteiger partial charge in [-0.15, -0.1) is 0 Å². The fourth-order valence-corrected chi connectivity index (χ4v) is 3.02. The Kier molecular flexibility index (Phi) is 6.08. The molecule has 1 N–H and O–H groups in total. The number of rotatable bonds is 6. The Morgan fingerprint density at radius 1 is 1.20 bits per heavy atom. The lowest BCUT2D eigenvalue weighted by molar-refractivity contribution is 0.102.